The first kappa shape index (κ1) is 20.9. The molecule has 0 heterocycles. The zero-order valence-corrected chi connectivity index (χ0v) is 19.7. The quantitative estimate of drug-likeness (QED) is 0.415. The number of benzene rings is 3. The van der Waals surface area contributed by atoms with Crippen LogP contribution in [0.4, 0.5) is 0 Å². The SMILES string of the molecule is C=C(N=C(C)c1cccc(C2=CCCC=C2)c1)c1cccc2c1=CC1c3ccccc3CC1C=2. The fraction of sp³-hybridized carbons (Fsp3) is 0.182. The lowest BCUT2D eigenvalue weighted by Gasteiger charge is -2.19. The second-order valence-electron chi connectivity index (χ2n) is 9.60. The second kappa shape index (κ2) is 8.57. The Kier molecular flexibility index (Phi) is 5.26. The molecule has 0 saturated carbocycles. The lowest BCUT2D eigenvalue weighted by molar-refractivity contribution is 0.686. The van der Waals surface area contributed by atoms with Crippen LogP contribution in [0.1, 0.15) is 53.5 Å². The van der Waals surface area contributed by atoms with E-state index >= 15 is 0 Å². The molecule has 2 unspecified atom stereocenters. The average Bonchev–Trinajstić information content (AvgIpc) is 3.25. The third kappa shape index (κ3) is 3.72. The molecule has 0 bridgehead atoms. The number of allylic oxidation sites excluding steroid dienone is 4. The molecule has 0 radical (unpaired) electrons. The summed E-state index contributed by atoms with van der Waals surface area (Å²) in [5, 5.41) is 2.58. The summed E-state index contributed by atoms with van der Waals surface area (Å²) in [6.07, 6.45) is 15.1. The average molecular weight is 440 g/mol. The number of nitrogens with zero attached hydrogens (tertiary/aromatic N) is 1. The first-order chi connectivity index (χ1) is 16.7. The van der Waals surface area contributed by atoms with Gasteiger partial charge < -0.3 is 0 Å². The van der Waals surface area contributed by atoms with Gasteiger partial charge in [0.2, 0.25) is 0 Å². The van der Waals surface area contributed by atoms with Gasteiger partial charge in [-0.05, 0) is 76.4 Å². The van der Waals surface area contributed by atoms with Gasteiger partial charge in [0.15, 0.2) is 0 Å². The standard InChI is InChI=1S/C33H29N/c1-22(25-13-8-14-26(18-25)24-10-4-3-5-11-24)34-23(2)30-17-9-15-28-20-29-19-27-12-6-7-16-31(27)33(29)21-32(28)30/h4,6-18,20-21,29,33H,2-3,5,19H2,1H3. The Hall–Kier alpha value is -3.71. The van der Waals surface area contributed by atoms with E-state index in [1.807, 2.05) is 0 Å². The maximum absolute atomic E-state index is 4.99. The van der Waals surface area contributed by atoms with Crippen molar-refractivity contribution in [3.8, 4) is 0 Å². The molecule has 3 aromatic rings. The number of hydrogen-bond donors (Lipinski definition) is 0. The molecule has 3 aromatic carbocycles. The van der Waals surface area contributed by atoms with Crippen LogP contribution in [0, 0.1) is 5.92 Å². The molecule has 0 aromatic heterocycles. The predicted octanol–water partition coefficient (Wildman–Crippen LogP) is 6.43. The van der Waals surface area contributed by atoms with E-state index in [0.29, 0.717) is 11.8 Å². The summed E-state index contributed by atoms with van der Waals surface area (Å²) in [4.78, 5) is 4.99. The lowest BCUT2D eigenvalue weighted by atomic mass is 9.85. The van der Waals surface area contributed by atoms with Crippen molar-refractivity contribution in [3.63, 3.8) is 0 Å². The second-order valence-corrected chi connectivity index (χ2v) is 9.60. The Morgan fingerprint density at radius 2 is 1.82 bits per heavy atom. The minimum atomic E-state index is 0.441. The number of aliphatic imine (C=N–C) groups is 1. The van der Waals surface area contributed by atoms with E-state index in [9.17, 15) is 0 Å². The topological polar surface area (TPSA) is 12.4 Å². The zero-order chi connectivity index (χ0) is 23.1. The van der Waals surface area contributed by atoms with E-state index in [0.717, 1.165) is 41.8 Å². The first-order valence-electron chi connectivity index (χ1n) is 12.3. The van der Waals surface area contributed by atoms with Crippen LogP contribution in [0.25, 0.3) is 23.4 Å². The van der Waals surface area contributed by atoms with Gasteiger partial charge >= 0.3 is 0 Å². The summed E-state index contributed by atoms with van der Waals surface area (Å²) in [5.41, 5.74) is 9.59. The third-order valence-corrected chi connectivity index (χ3v) is 7.43. The van der Waals surface area contributed by atoms with Gasteiger partial charge in [-0.15, -0.1) is 0 Å². The van der Waals surface area contributed by atoms with Crippen molar-refractivity contribution in [1.82, 2.24) is 0 Å². The van der Waals surface area contributed by atoms with Gasteiger partial charge in [0.1, 0.15) is 0 Å². The lowest BCUT2D eigenvalue weighted by Crippen LogP contribution is -2.33. The summed E-state index contributed by atoms with van der Waals surface area (Å²) in [5.74, 6) is 0.987. The van der Waals surface area contributed by atoms with Crippen LogP contribution < -0.4 is 10.4 Å². The molecule has 0 N–H and O–H groups in total. The van der Waals surface area contributed by atoms with Crippen LogP contribution in [0.3, 0.4) is 0 Å². The first-order valence-corrected chi connectivity index (χ1v) is 12.3. The van der Waals surface area contributed by atoms with E-state index in [2.05, 4.69) is 111 Å². The highest BCUT2D eigenvalue weighted by Crippen LogP contribution is 2.40. The van der Waals surface area contributed by atoms with Gasteiger partial charge in [-0.2, -0.15) is 0 Å². The summed E-state index contributed by atoms with van der Waals surface area (Å²) in [7, 11) is 0. The highest BCUT2D eigenvalue weighted by Gasteiger charge is 2.30. The molecular weight excluding hydrogens is 410 g/mol. The minimum absolute atomic E-state index is 0.441. The van der Waals surface area contributed by atoms with E-state index < -0.39 is 0 Å². The van der Waals surface area contributed by atoms with Gasteiger partial charge in [0.25, 0.3) is 0 Å². The maximum atomic E-state index is 4.99. The largest absolute Gasteiger partial charge is 0.253 e. The Morgan fingerprint density at radius 1 is 0.941 bits per heavy atom. The van der Waals surface area contributed by atoms with Gasteiger partial charge in [0.05, 0.1) is 5.70 Å². The fourth-order valence-corrected chi connectivity index (χ4v) is 5.69. The molecule has 166 valence electrons. The van der Waals surface area contributed by atoms with E-state index in [4.69, 9.17) is 4.99 Å². The summed E-state index contributed by atoms with van der Waals surface area (Å²) >= 11 is 0. The van der Waals surface area contributed by atoms with E-state index in [-0.39, 0.29) is 0 Å². The molecule has 0 saturated heterocycles. The minimum Gasteiger partial charge on any atom is -0.253 e. The molecule has 0 spiro atoms. The van der Waals surface area contributed by atoms with Crippen molar-refractivity contribution in [2.24, 2.45) is 10.9 Å². The predicted molar refractivity (Wildman–Crippen MR) is 145 cm³/mol. The monoisotopic (exact) mass is 439 g/mol. The molecule has 3 aliphatic carbocycles. The summed E-state index contributed by atoms with van der Waals surface area (Å²) in [6.45, 7) is 6.48. The Bertz CT molecular complexity index is 1510. The van der Waals surface area contributed by atoms with Gasteiger partial charge in [-0.1, -0.05) is 97.6 Å². The molecule has 0 aliphatic heterocycles. The Balaban J connectivity index is 1.36. The van der Waals surface area contributed by atoms with Gasteiger partial charge in [-0.25, -0.2) is 0 Å². The van der Waals surface area contributed by atoms with Gasteiger partial charge in [0, 0.05) is 17.2 Å². The molecular formula is C33H29N. The molecule has 1 heteroatoms. The van der Waals surface area contributed by atoms with E-state index in [1.54, 1.807) is 0 Å². The van der Waals surface area contributed by atoms with Crippen LogP contribution >= 0.6 is 0 Å². The molecule has 1 nitrogen and oxygen atoms in total. The van der Waals surface area contributed by atoms with Crippen molar-refractivity contribution < 1.29 is 0 Å². The third-order valence-electron chi connectivity index (χ3n) is 7.43. The van der Waals surface area contributed by atoms with Crippen molar-refractivity contribution >= 4 is 29.1 Å². The van der Waals surface area contributed by atoms with Gasteiger partial charge in [-0.3, -0.25) is 4.99 Å². The fourth-order valence-electron chi connectivity index (χ4n) is 5.69. The van der Waals surface area contributed by atoms with Crippen LogP contribution in [0.5, 0.6) is 0 Å². The number of hydrogen-bond acceptors (Lipinski definition) is 1. The molecule has 2 atom stereocenters. The smallest absolute Gasteiger partial charge is 0.0639 e. The Labute approximate surface area is 201 Å². The van der Waals surface area contributed by atoms with Crippen LogP contribution in [0.2, 0.25) is 0 Å². The van der Waals surface area contributed by atoms with Crippen LogP contribution in [-0.2, 0) is 6.42 Å². The summed E-state index contributed by atoms with van der Waals surface area (Å²) in [6, 6.07) is 24.1. The van der Waals surface area contributed by atoms with Crippen molar-refractivity contribution in [3.05, 3.63) is 130 Å². The van der Waals surface area contributed by atoms with Crippen LogP contribution in [0.15, 0.2) is 96.5 Å². The molecule has 6 rings (SSSR count). The number of rotatable bonds is 4. The maximum Gasteiger partial charge on any atom is 0.0639 e. The highest BCUT2D eigenvalue weighted by atomic mass is 14.8. The van der Waals surface area contributed by atoms with Crippen molar-refractivity contribution in [2.75, 3.05) is 0 Å². The molecule has 3 aliphatic rings. The zero-order valence-electron chi connectivity index (χ0n) is 19.7. The van der Waals surface area contributed by atoms with E-state index in [1.165, 1.54) is 32.7 Å². The van der Waals surface area contributed by atoms with Crippen molar-refractivity contribution in [1.29, 1.82) is 0 Å². The van der Waals surface area contributed by atoms with Crippen molar-refractivity contribution in [2.45, 2.75) is 32.1 Å². The summed E-state index contributed by atoms with van der Waals surface area (Å²) < 4.78 is 0. The Morgan fingerprint density at radius 3 is 2.71 bits per heavy atom. The molecule has 0 amide bonds. The highest BCUT2D eigenvalue weighted by molar-refractivity contribution is 6.02. The van der Waals surface area contributed by atoms with Crippen LogP contribution in [-0.4, -0.2) is 5.71 Å². The normalized spacial score (nSPS) is 20.4. The molecule has 0 fully saturated rings. The number of fused-ring (bicyclic) bond motifs is 4. The molecule has 34 heavy (non-hydrogen) atoms.